The Balaban J connectivity index is 1.82. The first-order chi connectivity index (χ1) is 12.0. The number of hydrogen-bond acceptors (Lipinski definition) is 3. The van der Waals surface area contributed by atoms with Crippen molar-refractivity contribution in [2.45, 2.75) is 26.7 Å². The summed E-state index contributed by atoms with van der Waals surface area (Å²) in [6.07, 6.45) is 2.00. The minimum absolute atomic E-state index is 0.349. The minimum Gasteiger partial charge on any atom is -0.465 e. The fourth-order valence-electron chi connectivity index (χ4n) is 2.52. The first-order valence-electron chi connectivity index (χ1n) is 8.29. The number of nitrogens with one attached hydrogen (secondary N) is 2. The molecule has 25 heavy (non-hydrogen) atoms. The van der Waals surface area contributed by atoms with Crippen molar-refractivity contribution in [3.8, 4) is 0 Å². The molecular weight excluding hydrogens is 332 g/mol. The summed E-state index contributed by atoms with van der Waals surface area (Å²) in [5.41, 5.74) is 4.76. The third-order valence-corrected chi connectivity index (χ3v) is 4.28. The molecule has 0 aromatic heterocycles. The number of hydrogen-bond donors (Lipinski definition) is 2. The van der Waals surface area contributed by atoms with Crippen molar-refractivity contribution in [2.75, 3.05) is 19.0 Å². The molecule has 2 aromatic carbocycles. The van der Waals surface area contributed by atoms with E-state index in [2.05, 4.69) is 41.8 Å². The quantitative estimate of drug-likeness (QED) is 0.465. The molecule has 0 aliphatic carbocycles. The Hall–Kier alpha value is -2.40. The fourth-order valence-corrected chi connectivity index (χ4v) is 2.73. The predicted molar refractivity (Wildman–Crippen MR) is 106 cm³/mol. The molecule has 0 amide bonds. The summed E-state index contributed by atoms with van der Waals surface area (Å²) < 4.78 is 4.79. The zero-order valence-corrected chi connectivity index (χ0v) is 15.7. The van der Waals surface area contributed by atoms with Crippen LogP contribution in [-0.2, 0) is 11.2 Å². The van der Waals surface area contributed by atoms with Crippen LogP contribution >= 0.6 is 12.2 Å². The average Bonchev–Trinajstić information content (AvgIpc) is 2.61. The second kappa shape index (κ2) is 9.18. The van der Waals surface area contributed by atoms with E-state index in [4.69, 9.17) is 17.0 Å². The van der Waals surface area contributed by atoms with Crippen LogP contribution in [-0.4, -0.2) is 24.7 Å². The highest BCUT2D eigenvalue weighted by Crippen LogP contribution is 2.19. The highest BCUT2D eigenvalue weighted by molar-refractivity contribution is 7.80. The van der Waals surface area contributed by atoms with Crippen LogP contribution in [0.4, 0.5) is 5.69 Å². The van der Waals surface area contributed by atoms with Gasteiger partial charge in [-0.1, -0.05) is 35.9 Å². The smallest absolute Gasteiger partial charge is 0.338 e. The fraction of sp³-hybridized carbons (Fsp3) is 0.300. The number of ether oxygens (including phenoxy) is 1. The number of benzene rings is 2. The van der Waals surface area contributed by atoms with Crippen LogP contribution < -0.4 is 10.6 Å². The van der Waals surface area contributed by atoms with E-state index in [1.807, 2.05) is 19.1 Å². The van der Waals surface area contributed by atoms with Gasteiger partial charge in [-0.05, 0) is 62.2 Å². The highest BCUT2D eigenvalue weighted by Gasteiger charge is 2.12. The van der Waals surface area contributed by atoms with Gasteiger partial charge in [0.2, 0.25) is 0 Å². The molecule has 0 unspecified atom stereocenters. The van der Waals surface area contributed by atoms with Crippen LogP contribution in [0.25, 0.3) is 0 Å². The van der Waals surface area contributed by atoms with Crippen molar-refractivity contribution < 1.29 is 9.53 Å². The number of thiocarbonyl (C=S) groups is 1. The van der Waals surface area contributed by atoms with Gasteiger partial charge in [0.25, 0.3) is 0 Å². The minimum atomic E-state index is -0.349. The molecule has 5 heteroatoms. The van der Waals surface area contributed by atoms with Gasteiger partial charge in [0.15, 0.2) is 5.11 Å². The van der Waals surface area contributed by atoms with Crippen LogP contribution in [0.1, 0.15) is 33.5 Å². The number of aryl methyl sites for hydroxylation is 2. The maximum atomic E-state index is 11.7. The molecule has 0 radical (unpaired) electrons. The van der Waals surface area contributed by atoms with Crippen LogP contribution in [0.3, 0.4) is 0 Å². The van der Waals surface area contributed by atoms with E-state index in [-0.39, 0.29) is 5.97 Å². The Kier molecular flexibility index (Phi) is 6.95. The summed E-state index contributed by atoms with van der Waals surface area (Å²) in [5, 5.41) is 6.91. The molecule has 2 N–H and O–H groups in total. The lowest BCUT2D eigenvalue weighted by molar-refractivity contribution is 0.0600. The molecule has 0 fully saturated rings. The number of carbonyl (C=O) groups is 1. The Morgan fingerprint density at radius 3 is 2.52 bits per heavy atom. The van der Waals surface area contributed by atoms with E-state index in [9.17, 15) is 4.79 Å². The lowest BCUT2D eigenvalue weighted by Gasteiger charge is -2.14. The summed E-state index contributed by atoms with van der Waals surface area (Å²) in [6, 6.07) is 14.0. The Labute approximate surface area is 154 Å². The average molecular weight is 356 g/mol. The third-order valence-electron chi connectivity index (χ3n) is 4.04. The normalized spacial score (nSPS) is 10.2. The number of carbonyl (C=O) groups excluding carboxylic acids is 1. The molecule has 0 aliphatic rings. The number of rotatable bonds is 6. The third kappa shape index (κ3) is 5.57. The molecule has 2 aromatic rings. The van der Waals surface area contributed by atoms with E-state index in [1.54, 1.807) is 6.07 Å². The molecule has 0 bridgehead atoms. The topological polar surface area (TPSA) is 50.4 Å². The lowest BCUT2D eigenvalue weighted by atomic mass is 10.1. The maximum absolute atomic E-state index is 11.7. The molecule has 0 heterocycles. The van der Waals surface area contributed by atoms with Gasteiger partial charge in [-0.3, -0.25) is 0 Å². The molecule has 0 atom stereocenters. The Bertz CT molecular complexity index is 742. The monoisotopic (exact) mass is 356 g/mol. The van der Waals surface area contributed by atoms with Gasteiger partial charge >= 0.3 is 5.97 Å². The van der Waals surface area contributed by atoms with Crippen LogP contribution in [0, 0.1) is 13.8 Å². The van der Waals surface area contributed by atoms with E-state index >= 15 is 0 Å². The summed E-state index contributed by atoms with van der Waals surface area (Å²) >= 11 is 5.34. The molecule has 132 valence electrons. The van der Waals surface area contributed by atoms with Crippen molar-refractivity contribution >= 4 is 29.0 Å². The molecular formula is C20H24N2O2S. The lowest BCUT2D eigenvalue weighted by Crippen LogP contribution is -2.30. The summed E-state index contributed by atoms with van der Waals surface area (Å²) in [4.78, 5) is 11.7. The number of anilines is 1. The highest BCUT2D eigenvalue weighted by atomic mass is 32.1. The van der Waals surface area contributed by atoms with Crippen molar-refractivity contribution in [2.24, 2.45) is 0 Å². The summed E-state index contributed by atoms with van der Waals surface area (Å²) in [5.74, 6) is -0.349. The van der Waals surface area contributed by atoms with Gasteiger partial charge in [-0.2, -0.15) is 0 Å². The predicted octanol–water partition coefficient (Wildman–Crippen LogP) is 4.01. The van der Waals surface area contributed by atoms with Crippen LogP contribution in [0.2, 0.25) is 0 Å². The van der Waals surface area contributed by atoms with Gasteiger partial charge in [-0.15, -0.1) is 0 Å². The SMILES string of the molecule is COC(=O)c1cccc(NC(=S)NCCCc2ccc(C)cc2)c1C. The van der Waals surface area contributed by atoms with Gasteiger partial charge in [0.05, 0.1) is 12.7 Å². The Morgan fingerprint density at radius 2 is 1.84 bits per heavy atom. The van der Waals surface area contributed by atoms with Crippen molar-refractivity contribution in [3.05, 3.63) is 64.7 Å². The van der Waals surface area contributed by atoms with Crippen molar-refractivity contribution in [1.29, 1.82) is 0 Å². The van der Waals surface area contributed by atoms with Crippen LogP contribution in [0.5, 0.6) is 0 Å². The van der Waals surface area contributed by atoms with Gasteiger partial charge in [0, 0.05) is 12.2 Å². The van der Waals surface area contributed by atoms with E-state index in [1.165, 1.54) is 18.2 Å². The maximum Gasteiger partial charge on any atom is 0.338 e. The number of esters is 1. The summed E-state index contributed by atoms with van der Waals surface area (Å²) in [6.45, 7) is 4.75. The van der Waals surface area contributed by atoms with Crippen molar-refractivity contribution in [3.63, 3.8) is 0 Å². The van der Waals surface area contributed by atoms with E-state index in [0.29, 0.717) is 10.7 Å². The molecule has 4 nitrogen and oxygen atoms in total. The molecule has 0 spiro atoms. The van der Waals surface area contributed by atoms with Gasteiger partial charge in [0.1, 0.15) is 0 Å². The molecule has 0 aliphatic heterocycles. The van der Waals surface area contributed by atoms with E-state index < -0.39 is 0 Å². The molecule has 0 saturated carbocycles. The second-order valence-corrected chi connectivity index (χ2v) is 6.35. The zero-order chi connectivity index (χ0) is 18.2. The van der Waals surface area contributed by atoms with Crippen LogP contribution in [0.15, 0.2) is 42.5 Å². The second-order valence-electron chi connectivity index (χ2n) is 5.94. The molecule has 0 saturated heterocycles. The van der Waals surface area contributed by atoms with Gasteiger partial charge < -0.3 is 15.4 Å². The van der Waals surface area contributed by atoms with E-state index in [0.717, 1.165) is 30.6 Å². The first-order valence-corrected chi connectivity index (χ1v) is 8.70. The number of methoxy groups -OCH3 is 1. The standard InChI is InChI=1S/C20H24N2O2S/c1-14-9-11-16(12-10-14)6-5-13-21-20(25)22-18-8-4-7-17(15(18)2)19(23)24-3/h4,7-12H,5-6,13H2,1-3H3,(H2,21,22,25). The zero-order valence-electron chi connectivity index (χ0n) is 14.9. The van der Waals surface area contributed by atoms with Gasteiger partial charge in [-0.25, -0.2) is 4.79 Å². The molecule has 2 rings (SSSR count). The first kappa shape index (κ1) is 18.9. The summed E-state index contributed by atoms with van der Waals surface area (Å²) in [7, 11) is 1.38. The Morgan fingerprint density at radius 1 is 1.12 bits per heavy atom. The largest absolute Gasteiger partial charge is 0.465 e. The van der Waals surface area contributed by atoms with Crippen molar-refractivity contribution in [1.82, 2.24) is 5.32 Å².